The summed E-state index contributed by atoms with van der Waals surface area (Å²) in [5.41, 5.74) is 9.05. The topological polar surface area (TPSA) is 0 Å². The highest BCUT2D eigenvalue weighted by atomic mass is 32.1. The molecule has 0 heterocycles. The number of hydrogen-bond donors (Lipinski definition) is 0. The van der Waals surface area contributed by atoms with Gasteiger partial charge < -0.3 is 0 Å². The van der Waals surface area contributed by atoms with Crippen molar-refractivity contribution < 1.29 is 0 Å². The Labute approximate surface area is 241 Å². The van der Waals surface area contributed by atoms with Gasteiger partial charge in [0, 0.05) is 4.86 Å². The van der Waals surface area contributed by atoms with Crippen molar-refractivity contribution in [1.29, 1.82) is 0 Å². The van der Waals surface area contributed by atoms with E-state index in [4.69, 9.17) is 12.2 Å². The average molecular weight is 531 g/mol. The monoisotopic (exact) mass is 530 g/mol. The second-order valence-electron chi connectivity index (χ2n) is 10.6. The van der Waals surface area contributed by atoms with E-state index in [0.29, 0.717) is 0 Å². The molecule has 0 saturated carbocycles. The number of fused-ring (bicyclic) bond motifs is 5. The highest BCUT2D eigenvalue weighted by Gasteiger charge is 2.22. The van der Waals surface area contributed by atoms with Gasteiger partial charge in [-0.1, -0.05) is 128 Å². The molecule has 0 fully saturated rings. The van der Waals surface area contributed by atoms with E-state index in [1.54, 1.807) is 0 Å². The minimum Gasteiger partial charge on any atom is -0.0870 e. The summed E-state index contributed by atoms with van der Waals surface area (Å²) in [6.07, 6.45) is 20.7. The van der Waals surface area contributed by atoms with Crippen LogP contribution in [0.3, 0.4) is 0 Å². The van der Waals surface area contributed by atoms with Crippen LogP contribution in [0.2, 0.25) is 0 Å². The van der Waals surface area contributed by atoms with Crippen molar-refractivity contribution in [3.05, 3.63) is 144 Å². The summed E-state index contributed by atoms with van der Waals surface area (Å²) in [7, 11) is 0. The Morgan fingerprint density at radius 1 is 0.800 bits per heavy atom. The van der Waals surface area contributed by atoms with E-state index in [9.17, 15) is 0 Å². The molecule has 0 nitrogen and oxygen atoms in total. The van der Waals surface area contributed by atoms with Gasteiger partial charge in [0.1, 0.15) is 0 Å². The molecule has 0 aromatic heterocycles. The third-order valence-corrected chi connectivity index (χ3v) is 8.64. The second-order valence-corrected chi connectivity index (χ2v) is 11.0. The van der Waals surface area contributed by atoms with E-state index in [-0.39, 0.29) is 0 Å². The predicted octanol–water partition coefficient (Wildman–Crippen LogP) is 11.0. The fraction of sp³-hybridized carbons (Fsp3) is 0.103. The van der Waals surface area contributed by atoms with Crippen molar-refractivity contribution in [2.45, 2.75) is 26.2 Å². The van der Waals surface area contributed by atoms with Crippen LogP contribution in [0.15, 0.2) is 127 Å². The summed E-state index contributed by atoms with van der Waals surface area (Å²) in [5, 5.41) is 7.71. The van der Waals surface area contributed by atoms with Crippen molar-refractivity contribution >= 4 is 61.0 Å². The molecule has 2 aliphatic carbocycles. The molecular formula is C39H30S. The largest absolute Gasteiger partial charge is 0.0870 e. The molecule has 5 aromatic rings. The first-order valence-electron chi connectivity index (χ1n) is 14.1. The van der Waals surface area contributed by atoms with Crippen molar-refractivity contribution in [3.8, 4) is 11.1 Å². The van der Waals surface area contributed by atoms with Crippen molar-refractivity contribution in [3.63, 3.8) is 0 Å². The highest BCUT2D eigenvalue weighted by Crippen LogP contribution is 2.46. The molecule has 0 unspecified atom stereocenters. The van der Waals surface area contributed by atoms with Crippen LogP contribution in [0, 0.1) is 0 Å². The highest BCUT2D eigenvalue weighted by molar-refractivity contribution is 7.81. The van der Waals surface area contributed by atoms with E-state index < -0.39 is 0 Å². The Balaban J connectivity index is 1.57. The zero-order valence-corrected chi connectivity index (χ0v) is 23.5. The van der Waals surface area contributed by atoms with Gasteiger partial charge in [-0.05, 0) is 110 Å². The molecule has 0 N–H and O–H groups in total. The van der Waals surface area contributed by atoms with Crippen LogP contribution in [0.1, 0.15) is 36.5 Å². The van der Waals surface area contributed by atoms with E-state index in [1.165, 1.54) is 65.7 Å². The molecule has 0 amide bonds. The van der Waals surface area contributed by atoms with E-state index >= 15 is 0 Å². The SMILES string of the molecule is C/C=C\C(=C/C(=S)C1=CC=CCC1)c1c2ccccc2c(-c2cc3ccccc3c3c2C=CC3)c2ccccc12. The summed E-state index contributed by atoms with van der Waals surface area (Å²) in [6, 6.07) is 29.0. The number of rotatable bonds is 5. The van der Waals surface area contributed by atoms with Gasteiger partial charge in [-0.3, -0.25) is 0 Å². The molecule has 5 aromatic carbocycles. The lowest BCUT2D eigenvalue weighted by atomic mass is 9.83. The Hall–Kier alpha value is -4.33. The van der Waals surface area contributed by atoms with Crippen LogP contribution >= 0.6 is 12.2 Å². The normalized spacial score (nSPS) is 14.9. The zero-order chi connectivity index (χ0) is 27.1. The summed E-state index contributed by atoms with van der Waals surface area (Å²) < 4.78 is 0. The summed E-state index contributed by atoms with van der Waals surface area (Å²) in [4.78, 5) is 0.923. The van der Waals surface area contributed by atoms with Crippen LogP contribution < -0.4 is 0 Å². The maximum atomic E-state index is 5.99. The van der Waals surface area contributed by atoms with Gasteiger partial charge in [-0.25, -0.2) is 0 Å². The summed E-state index contributed by atoms with van der Waals surface area (Å²) >= 11 is 5.99. The van der Waals surface area contributed by atoms with Gasteiger partial charge in [0.05, 0.1) is 0 Å². The van der Waals surface area contributed by atoms with Crippen LogP contribution in [-0.4, -0.2) is 4.86 Å². The van der Waals surface area contributed by atoms with Crippen molar-refractivity contribution in [2.24, 2.45) is 0 Å². The summed E-state index contributed by atoms with van der Waals surface area (Å²) in [5.74, 6) is 0. The lowest BCUT2D eigenvalue weighted by Crippen LogP contribution is -2.00. The zero-order valence-electron chi connectivity index (χ0n) is 22.7. The predicted molar refractivity (Wildman–Crippen MR) is 179 cm³/mol. The maximum absolute atomic E-state index is 5.99. The molecule has 192 valence electrons. The molecule has 0 radical (unpaired) electrons. The molecule has 0 bridgehead atoms. The fourth-order valence-corrected chi connectivity index (χ4v) is 6.80. The van der Waals surface area contributed by atoms with E-state index in [2.05, 4.69) is 134 Å². The molecule has 0 aliphatic heterocycles. The molecule has 0 spiro atoms. The minimum absolute atomic E-state index is 0.923. The molecule has 0 atom stereocenters. The maximum Gasteiger partial charge on any atom is 0.0415 e. The molecule has 40 heavy (non-hydrogen) atoms. The van der Waals surface area contributed by atoms with Crippen LogP contribution in [0.4, 0.5) is 0 Å². The number of allylic oxidation sites excluding steroid dienone is 9. The third kappa shape index (κ3) is 4.10. The quantitative estimate of drug-likeness (QED) is 0.0942. The first kappa shape index (κ1) is 24.7. The lowest BCUT2D eigenvalue weighted by molar-refractivity contribution is 1.01. The number of hydrogen-bond acceptors (Lipinski definition) is 1. The molecule has 1 heteroatoms. The van der Waals surface area contributed by atoms with Crippen molar-refractivity contribution in [1.82, 2.24) is 0 Å². The Morgan fingerprint density at radius 3 is 2.15 bits per heavy atom. The molecule has 2 aliphatic rings. The van der Waals surface area contributed by atoms with Crippen molar-refractivity contribution in [2.75, 3.05) is 0 Å². The van der Waals surface area contributed by atoms with Gasteiger partial charge in [-0.15, -0.1) is 0 Å². The lowest BCUT2D eigenvalue weighted by Gasteiger charge is -2.21. The second kappa shape index (κ2) is 10.3. The Morgan fingerprint density at radius 2 is 1.48 bits per heavy atom. The Kier molecular flexibility index (Phi) is 6.38. The van der Waals surface area contributed by atoms with Gasteiger partial charge in [0.15, 0.2) is 0 Å². The Bertz CT molecular complexity index is 1930. The smallest absolute Gasteiger partial charge is 0.0415 e. The first-order chi connectivity index (χ1) is 19.7. The number of benzene rings is 5. The average Bonchev–Trinajstić information content (AvgIpc) is 3.50. The van der Waals surface area contributed by atoms with Gasteiger partial charge in [0.25, 0.3) is 0 Å². The van der Waals surface area contributed by atoms with Gasteiger partial charge >= 0.3 is 0 Å². The van der Waals surface area contributed by atoms with Gasteiger partial charge in [0.2, 0.25) is 0 Å². The number of thiocarbonyl (C=S) groups is 1. The standard InChI is InChI=1S/C39H30S/c1-2-13-28(25-37(40)26-14-4-3-5-15-26)38-32-18-8-10-20-34(32)39(35-21-11-9-19-33(35)38)36-24-27-16-6-7-17-29(27)30-22-12-23-31(30)36/h2-4,6-14,16-21,23-25H,5,15,22H2,1H3/b13-2-,28-25+. The van der Waals surface area contributed by atoms with Crippen LogP contribution in [0.25, 0.3) is 55.1 Å². The minimum atomic E-state index is 0.923. The molecule has 0 saturated heterocycles. The third-order valence-electron chi connectivity index (χ3n) is 8.26. The van der Waals surface area contributed by atoms with Crippen LogP contribution in [0.5, 0.6) is 0 Å². The van der Waals surface area contributed by atoms with Gasteiger partial charge in [-0.2, -0.15) is 0 Å². The van der Waals surface area contributed by atoms with E-state index in [0.717, 1.165) is 29.7 Å². The first-order valence-corrected chi connectivity index (χ1v) is 14.5. The fourth-order valence-electron chi connectivity index (χ4n) is 6.50. The summed E-state index contributed by atoms with van der Waals surface area (Å²) in [6.45, 7) is 2.09. The molecular weight excluding hydrogens is 500 g/mol. The van der Waals surface area contributed by atoms with E-state index in [1.807, 2.05) is 0 Å². The van der Waals surface area contributed by atoms with Crippen LogP contribution in [-0.2, 0) is 6.42 Å². The molecule has 7 rings (SSSR count).